The maximum atomic E-state index is 12.3. The Kier molecular flexibility index (Phi) is 7.48. The van der Waals surface area contributed by atoms with Gasteiger partial charge in [0.1, 0.15) is 0 Å². The maximum absolute atomic E-state index is 12.3. The Morgan fingerprint density at radius 3 is 2.64 bits per heavy atom. The van der Waals surface area contributed by atoms with Crippen molar-refractivity contribution in [3.63, 3.8) is 0 Å². The van der Waals surface area contributed by atoms with E-state index in [0.717, 1.165) is 31.5 Å². The summed E-state index contributed by atoms with van der Waals surface area (Å²) in [5.74, 6) is 1.55. The molecule has 1 aliphatic rings. The summed E-state index contributed by atoms with van der Waals surface area (Å²) in [4.78, 5) is 12.3. The van der Waals surface area contributed by atoms with Gasteiger partial charge in [0.2, 0.25) is 5.91 Å². The van der Waals surface area contributed by atoms with Gasteiger partial charge in [-0.1, -0.05) is 6.07 Å². The zero-order valence-corrected chi connectivity index (χ0v) is 14.2. The molecule has 2 unspecified atom stereocenters. The summed E-state index contributed by atoms with van der Waals surface area (Å²) in [5.41, 5.74) is 1.00. The number of benzene rings is 1. The van der Waals surface area contributed by atoms with Gasteiger partial charge in [0, 0.05) is 6.54 Å². The second-order valence-corrected chi connectivity index (χ2v) is 5.39. The van der Waals surface area contributed by atoms with E-state index >= 15 is 0 Å². The average Bonchev–Trinajstić information content (AvgIpc) is 2.54. The highest BCUT2D eigenvalue weighted by atomic mass is 35.5. The molecule has 22 heavy (non-hydrogen) atoms. The third-order valence-electron chi connectivity index (χ3n) is 3.93. The van der Waals surface area contributed by atoms with E-state index in [1.807, 2.05) is 25.1 Å². The fourth-order valence-corrected chi connectivity index (χ4v) is 2.61. The van der Waals surface area contributed by atoms with Crippen LogP contribution in [0.15, 0.2) is 18.2 Å². The van der Waals surface area contributed by atoms with Crippen LogP contribution in [0, 0.1) is 5.92 Å². The van der Waals surface area contributed by atoms with Crippen LogP contribution in [0.1, 0.15) is 31.4 Å². The van der Waals surface area contributed by atoms with Gasteiger partial charge in [-0.15, -0.1) is 12.4 Å². The van der Waals surface area contributed by atoms with E-state index in [1.54, 1.807) is 14.2 Å². The number of halogens is 1. The second kappa shape index (κ2) is 8.86. The van der Waals surface area contributed by atoms with E-state index < -0.39 is 0 Å². The van der Waals surface area contributed by atoms with Gasteiger partial charge in [-0.3, -0.25) is 4.79 Å². The number of amides is 1. The fraction of sp³-hybridized carbons (Fsp3) is 0.562. The van der Waals surface area contributed by atoms with Crippen molar-refractivity contribution in [3.8, 4) is 11.5 Å². The lowest BCUT2D eigenvalue weighted by Crippen LogP contribution is -2.41. The quantitative estimate of drug-likeness (QED) is 0.870. The summed E-state index contributed by atoms with van der Waals surface area (Å²) in [7, 11) is 3.22. The van der Waals surface area contributed by atoms with Crippen LogP contribution in [-0.2, 0) is 4.79 Å². The number of carbonyl (C=O) groups is 1. The van der Waals surface area contributed by atoms with Crippen molar-refractivity contribution in [2.24, 2.45) is 5.92 Å². The Morgan fingerprint density at radius 2 is 2.05 bits per heavy atom. The molecule has 1 aliphatic heterocycles. The van der Waals surface area contributed by atoms with E-state index in [1.165, 1.54) is 0 Å². The normalized spacial score (nSPS) is 18.8. The molecule has 0 bridgehead atoms. The first kappa shape index (κ1) is 18.6. The van der Waals surface area contributed by atoms with Crippen molar-refractivity contribution < 1.29 is 14.3 Å². The molecular formula is C16H25ClN2O3. The second-order valence-electron chi connectivity index (χ2n) is 5.39. The summed E-state index contributed by atoms with van der Waals surface area (Å²) >= 11 is 0. The van der Waals surface area contributed by atoms with Crippen LogP contribution >= 0.6 is 12.4 Å². The molecule has 2 atom stereocenters. The summed E-state index contributed by atoms with van der Waals surface area (Å²) in [6, 6.07) is 5.66. The average molecular weight is 329 g/mol. The molecule has 1 aromatic rings. The molecule has 1 heterocycles. The van der Waals surface area contributed by atoms with Gasteiger partial charge in [0.25, 0.3) is 0 Å². The van der Waals surface area contributed by atoms with Crippen molar-refractivity contribution in [2.75, 3.05) is 27.3 Å². The van der Waals surface area contributed by atoms with Gasteiger partial charge in [-0.2, -0.15) is 0 Å². The van der Waals surface area contributed by atoms with Crippen LogP contribution in [0.25, 0.3) is 0 Å². The molecule has 5 nitrogen and oxygen atoms in total. The predicted molar refractivity (Wildman–Crippen MR) is 88.9 cm³/mol. The Bertz CT molecular complexity index is 490. The van der Waals surface area contributed by atoms with E-state index in [-0.39, 0.29) is 30.3 Å². The summed E-state index contributed by atoms with van der Waals surface area (Å²) in [6.07, 6.45) is 2.01. The lowest BCUT2D eigenvalue weighted by Gasteiger charge is -2.24. The maximum Gasteiger partial charge on any atom is 0.224 e. The van der Waals surface area contributed by atoms with Crippen molar-refractivity contribution in [1.82, 2.24) is 10.6 Å². The summed E-state index contributed by atoms with van der Waals surface area (Å²) in [6.45, 7) is 3.76. The van der Waals surface area contributed by atoms with Crippen LogP contribution in [0.5, 0.6) is 11.5 Å². The number of hydrogen-bond donors (Lipinski definition) is 2. The molecule has 2 rings (SSSR count). The number of rotatable bonds is 5. The summed E-state index contributed by atoms with van der Waals surface area (Å²) in [5, 5.41) is 6.34. The molecule has 6 heteroatoms. The van der Waals surface area contributed by atoms with Crippen LogP contribution in [0.3, 0.4) is 0 Å². The Morgan fingerprint density at radius 1 is 1.32 bits per heavy atom. The first-order valence-corrected chi connectivity index (χ1v) is 7.38. The predicted octanol–water partition coefficient (Wildman–Crippen LogP) is 2.30. The van der Waals surface area contributed by atoms with Gasteiger partial charge in [0.15, 0.2) is 11.5 Å². The SMILES string of the molecule is COc1ccc(C(C)NC(=O)C2CCCNC2)cc1OC.Cl. The first-order valence-electron chi connectivity index (χ1n) is 7.38. The van der Waals surface area contributed by atoms with E-state index in [0.29, 0.717) is 11.5 Å². The Labute approximate surface area is 138 Å². The monoisotopic (exact) mass is 328 g/mol. The molecule has 124 valence electrons. The van der Waals surface area contributed by atoms with E-state index in [4.69, 9.17) is 9.47 Å². The van der Waals surface area contributed by atoms with Crippen molar-refractivity contribution >= 4 is 18.3 Å². The summed E-state index contributed by atoms with van der Waals surface area (Å²) < 4.78 is 10.5. The number of piperidine rings is 1. The highest BCUT2D eigenvalue weighted by Crippen LogP contribution is 2.30. The minimum absolute atomic E-state index is 0. The third-order valence-corrected chi connectivity index (χ3v) is 3.93. The molecule has 0 saturated carbocycles. The molecule has 0 radical (unpaired) electrons. The van der Waals surface area contributed by atoms with E-state index in [9.17, 15) is 4.79 Å². The zero-order chi connectivity index (χ0) is 15.2. The third kappa shape index (κ3) is 4.52. The van der Waals surface area contributed by atoms with Crippen LogP contribution in [0.2, 0.25) is 0 Å². The highest BCUT2D eigenvalue weighted by Gasteiger charge is 2.22. The molecule has 0 aliphatic carbocycles. The molecule has 1 amide bonds. The Balaban J connectivity index is 0.00000242. The standard InChI is InChI=1S/C16H24N2O3.ClH/c1-11(18-16(19)13-5-4-8-17-10-13)12-6-7-14(20-2)15(9-12)21-3;/h6-7,9,11,13,17H,4-5,8,10H2,1-3H3,(H,18,19);1H. The molecule has 1 fully saturated rings. The highest BCUT2D eigenvalue weighted by molar-refractivity contribution is 5.85. The molecule has 0 spiro atoms. The van der Waals surface area contributed by atoms with Crippen LogP contribution < -0.4 is 20.1 Å². The van der Waals surface area contributed by atoms with Gasteiger partial charge < -0.3 is 20.1 Å². The van der Waals surface area contributed by atoms with Gasteiger partial charge in [-0.25, -0.2) is 0 Å². The zero-order valence-electron chi connectivity index (χ0n) is 13.3. The van der Waals surface area contributed by atoms with Gasteiger partial charge in [-0.05, 0) is 44.0 Å². The number of methoxy groups -OCH3 is 2. The Hall–Kier alpha value is -1.46. The first-order chi connectivity index (χ1) is 10.2. The largest absolute Gasteiger partial charge is 0.493 e. The number of nitrogens with one attached hydrogen (secondary N) is 2. The molecule has 0 aromatic heterocycles. The van der Waals surface area contributed by atoms with Gasteiger partial charge in [0.05, 0.1) is 26.2 Å². The fourth-order valence-electron chi connectivity index (χ4n) is 2.61. The minimum Gasteiger partial charge on any atom is -0.493 e. The molecule has 1 saturated heterocycles. The molecule has 1 aromatic carbocycles. The number of ether oxygens (including phenoxy) is 2. The molecular weight excluding hydrogens is 304 g/mol. The van der Waals surface area contributed by atoms with Gasteiger partial charge >= 0.3 is 0 Å². The van der Waals surface area contributed by atoms with Crippen molar-refractivity contribution in [1.29, 1.82) is 0 Å². The van der Waals surface area contributed by atoms with Crippen LogP contribution in [-0.4, -0.2) is 33.2 Å². The van der Waals surface area contributed by atoms with Crippen molar-refractivity contribution in [2.45, 2.75) is 25.8 Å². The number of hydrogen-bond acceptors (Lipinski definition) is 4. The van der Waals surface area contributed by atoms with E-state index in [2.05, 4.69) is 10.6 Å². The number of carbonyl (C=O) groups excluding carboxylic acids is 1. The smallest absolute Gasteiger partial charge is 0.224 e. The topological polar surface area (TPSA) is 59.6 Å². The molecule has 2 N–H and O–H groups in total. The minimum atomic E-state index is -0.0563. The van der Waals surface area contributed by atoms with Crippen LogP contribution in [0.4, 0.5) is 0 Å². The van der Waals surface area contributed by atoms with Crippen molar-refractivity contribution in [3.05, 3.63) is 23.8 Å². The lowest BCUT2D eigenvalue weighted by atomic mass is 9.98. The lowest BCUT2D eigenvalue weighted by molar-refractivity contribution is -0.126.